The molecule has 0 unspecified atom stereocenters. The molecule has 1 saturated heterocycles. The number of carbonyl (C=O) groups excluding carboxylic acids is 1. The molecule has 0 N–H and O–H groups in total. The van der Waals surface area contributed by atoms with E-state index < -0.39 is 6.09 Å². The maximum atomic E-state index is 12.5. The van der Waals surface area contributed by atoms with Gasteiger partial charge in [-0.05, 0) is 68.8 Å². The molecule has 2 aromatic rings. The minimum atomic E-state index is -0.393. The Morgan fingerprint density at radius 3 is 2.75 bits per heavy atom. The lowest BCUT2D eigenvalue weighted by atomic mass is 9.82. The van der Waals surface area contributed by atoms with Crippen molar-refractivity contribution in [1.82, 2.24) is 15.0 Å². The smallest absolute Gasteiger partial charge is 0.415 e. The van der Waals surface area contributed by atoms with Crippen LogP contribution in [-0.2, 0) is 13.0 Å². The first-order valence-electron chi connectivity index (χ1n) is 11.5. The molecule has 0 bridgehead atoms. The van der Waals surface area contributed by atoms with Crippen LogP contribution in [0.2, 0.25) is 5.02 Å². The Labute approximate surface area is 194 Å². The van der Waals surface area contributed by atoms with E-state index in [1.165, 1.54) is 12.8 Å². The molecule has 0 atom stereocenters. The highest BCUT2D eigenvalue weighted by molar-refractivity contribution is 6.31. The number of halogens is 1. The molecule has 2 aliphatic rings. The van der Waals surface area contributed by atoms with Gasteiger partial charge < -0.3 is 18.9 Å². The van der Waals surface area contributed by atoms with Gasteiger partial charge in [-0.2, -0.15) is 0 Å². The fourth-order valence-electron chi connectivity index (χ4n) is 4.42. The van der Waals surface area contributed by atoms with E-state index >= 15 is 0 Å². The molecule has 0 spiro atoms. The largest absolute Gasteiger partial charge is 0.490 e. The van der Waals surface area contributed by atoms with Crippen molar-refractivity contribution in [3.63, 3.8) is 0 Å². The summed E-state index contributed by atoms with van der Waals surface area (Å²) in [5.74, 6) is 2.15. The molecule has 0 radical (unpaired) electrons. The van der Waals surface area contributed by atoms with E-state index in [1.807, 2.05) is 19.1 Å². The van der Waals surface area contributed by atoms with Crippen LogP contribution in [0.25, 0.3) is 0 Å². The van der Waals surface area contributed by atoms with E-state index in [2.05, 4.69) is 16.1 Å². The number of benzene rings is 1. The Morgan fingerprint density at radius 1 is 1.31 bits per heavy atom. The number of aryl methyl sites for hydroxylation is 2. The highest BCUT2D eigenvalue weighted by atomic mass is 35.5. The number of ether oxygens (including phenoxy) is 2. The van der Waals surface area contributed by atoms with E-state index in [1.54, 1.807) is 18.9 Å². The topological polar surface area (TPSA) is 68.0 Å². The molecule has 4 rings (SSSR count). The molecule has 1 amide bonds. The molecule has 1 aliphatic carbocycles. The Balaban J connectivity index is 1.21. The number of hydrogen-bond donors (Lipinski definition) is 0. The fourth-order valence-corrected chi connectivity index (χ4v) is 4.65. The molecule has 1 aromatic heterocycles. The van der Waals surface area contributed by atoms with Crippen molar-refractivity contribution in [3.05, 3.63) is 40.2 Å². The van der Waals surface area contributed by atoms with Gasteiger partial charge in [0.1, 0.15) is 11.4 Å². The standard InChI is InChI=1S/C24H32ClN3O4/c1-4-22-23(16(2)32-26-22)31-24(29)27(3)14-17-11-20(12-17)30-19-8-7-18(21(25)13-19)15-28-9-5-6-10-28/h7-8,13,17,20H,4-6,9-12,14-15H2,1-3H3. The summed E-state index contributed by atoms with van der Waals surface area (Å²) in [6, 6.07) is 6.02. The SMILES string of the molecule is CCc1noc(C)c1OC(=O)N(C)CC1CC(Oc2ccc(CN3CCCC3)c(Cl)c2)C1. The van der Waals surface area contributed by atoms with Crippen molar-refractivity contribution in [3.8, 4) is 11.5 Å². The number of rotatable bonds is 8. The van der Waals surface area contributed by atoms with E-state index in [-0.39, 0.29) is 6.10 Å². The average Bonchev–Trinajstić information content (AvgIpc) is 3.38. The van der Waals surface area contributed by atoms with Crippen molar-refractivity contribution in [1.29, 1.82) is 0 Å². The van der Waals surface area contributed by atoms with Gasteiger partial charge in [0.2, 0.25) is 0 Å². The molecule has 1 aromatic carbocycles. The summed E-state index contributed by atoms with van der Waals surface area (Å²) in [4.78, 5) is 16.5. The molecule has 174 valence electrons. The molecule has 1 saturated carbocycles. The highest BCUT2D eigenvalue weighted by Crippen LogP contribution is 2.34. The van der Waals surface area contributed by atoms with Gasteiger partial charge in [0.05, 0.1) is 6.10 Å². The third kappa shape index (κ3) is 5.38. The summed E-state index contributed by atoms with van der Waals surface area (Å²) in [5, 5.41) is 4.69. The summed E-state index contributed by atoms with van der Waals surface area (Å²) < 4.78 is 16.7. The molecular weight excluding hydrogens is 430 g/mol. The Bertz CT molecular complexity index is 935. The minimum Gasteiger partial charge on any atom is -0.490 e. The zero-order chi connectivity index (χ0) is 22.7. The van der Waals surface area contributed by atoms with Crippen molar-refractivity contribution in [2.75, 3.05) is 26.7 Å². The third-order valence-corrected chi connectivity index (χ3v) is 6.71. The van der Waals surface area contributed by atoms with Gasteiger partial charge in [-0.25, -0.2) is 4.79 Å². The molecule has 2 fully saturated rings. The molecule has 1 aliphatic heterocycles. The third-order valence-electron chi connectivity index (χ3n) is 6.35. The molecule has 2 heterocycles. The lowest BCUT2D eigenvalue weighted by Crippen LogP contribution is -2.42. The number of nitrogens with zero attached hydrogens (tertiary/aromatic N) is 3. The number of hydrogen-bond acceptors (Lipinski definition) is 6. The highest BCUT2D eigenvalue weighted by Gasteiger charge is 2.33. The van der Waals surface area contributed by atoms with Gasteiger partial charge in [-0.3, -0.25) is 4.90 Å². The van der Waals surface area contributed by atoms with Crippen molar-refractivity contribution in [2.24, 2.45) is 5.92 Å². The van der Waals surface area contributed by atoms with Gasteiger partial charge in [-0.15, -0.1) is 0 Å². The van der Waals surface area contributed by atoms with Crippen molar-refractivity contribution >= 4 is 17.7 Å². The van der Waals surface area contributed by atoms with E-state index in [0.717, 1.165) is 48.8 Å². The van der Waals surface area contributed by atoms with Gasteiger partial charge in [0.25, 0.3) is 0 Å². The van der Waals surface area contributed by atoms with Crippen LogP contribution in [0, 0.1) is 12.8 Å². The first-order valence-corrected chi connectivity index (χ1v) is 11.9. The summed E-state index contributed by atoms with van der Waals surface area (Å²) in [7, 11) is 1.75. The Morgan fingerprint density at radius 2 is 2.06 bits per heavy atom. The van der Waals surface area contributed by atoms with E-state index in [4.69, 9.17) is 25.6 Å². The fraction of sp³-hybridized carbons (Fsp3) is 0.583. The van der Waals surface area contributed by atoms with Crippen LogP contribution in [0.15, 0.2) is 22.7 Å². The van der Waals surface area contributed by atoms with Crippen LogP contribution in [0.3, 0.4) is 0 Å². The second-order valence-corrected chi connectivity index (χ2v) is 9.34. The Hall–Kier alpha value is -2.25. The summed E-state index contributed by atoms with van der Waals surface area (Å²) in [6.45, 7) is 7.52. The normalized spacial score (nSPS) is 20.8. The maximum Gasteiger partial charge on any atom is 0.415 e. The van der Waals surface area contributed by atoms with Crippen LogP contribution >= 0.6 is 11.6 Å². The molecule has 8 heteroatoms. The minimum absolute atomic E-state index is 0.150. The van der Waals surface area contributed by atoms with Crippen LogP contribution < -0.4 is 9.47 Å². The van der Waals surface area contributed by atoms with Gasteiger partial charge in [0.15, 0.2) is 11.5 Å². The van der Waals surface area contributed by atoms with E-state index in [0.29, 0.717) is 36.1 Å². The number of carbonyl (C=O) groups is 1. The monoisotopic (exact) mass is 461 g/mol. The number of aromatic nitrogens is 1. The first kappa shape index (κ1) is 22.9. The van der Waals surface area contributed by atoms with Crippen molar-refractivity contribution < 1.29 is 18.8 Å². The quantitative estimate of drug-likeness (QED) is 0.545. The number of amides is 1. The van der Waals surface area contributed by atoms with Crippen molar-refractivity contribution in [2.45, 2.75) is 58.6 Å². The number of likely N-dealkylation sites (tertiary alicyclic amines) is 1. The van der Waals surface area contributed by atoms with Crippen LogP contribution in [0.5, 0.6) is 11.5 Å². The lowest BCUT2D eigenvalue weighted by Gasteiger charge is -2.37. The Kier molecular flexibility index (Phi) is 7.26. The second-order valence-electron chi connectivity index (χ2n) is 8.93. The average molecular weight is 462 g/mol. The second kappa shape index (κ2) is 10.1. The first-order chi connectivity index (χ1) is 15.4. The maximum absolute atomic E-state index is 12.5. The lowest BCUT2D eigenvalue weighted by molar-refractivity contribution is 0.0483. The van der Waals surface area contributed by atoms with Gasteiger partial charge in [0, 0.05) is 32.1 Å². The molecule has 32 heavy (non-hydrogen) atoms. The summed E-state index contributed by atoms with van der Waals surface area (Å²) in [5.41, 5.74) is 1.81. The summed E-state index contributed by atoms with van der Waals surface area (Å²) in [6.07, 6.45) is 4.75. The van der Waals surface area contributed by atoms with Crippen LogP contribution in [0.1, 0.15) is 49.6 Å². The van der Waals surface area contributed by atoms with E-state index in [9.17, 15) is 4.79 Å². The molecular formula is C24H32ClN3O4. The zero-order valence-corrected chi connectivity index (χ0v) is 19.9. The van der Waals surface area contributed by atoms with Gasteiger partial charge in [-0.1, -0.05) is 29.7 Å². The van der Waals surface area contributed by atoms with Gasteiger partial charge >= 0.3 is 6.09 Å². The predicted octanol–water partition coefficient (Wildman–Crippen LogP) is 5.08. The zero-order valence-electron chi connectivity index (χ0n) is 19.1. The molecule has 7 nitrogen and oxygen atoms in total. The summed E-state index contributed by atoms with van der Waals surface area (Å²) >= 11 is 6.50. The van der Waals surface area contributed by atoms with Crippen LogP contribution in [0.4, 0.5) is 4.79 Å². The predicted molar refractivity (Wildman–Crippen MR) is 122 cm³/mol. The van der Waals surface area contributed by atoms with Crippen LogP contribution in [-0.4, -0.2) is 53.8 Å².